The molecule has 0 bridgehead atoms. The standard InChI is InChI=1S/C23H28N2O4/c1-15(2)17-8-10-18(11-9-17)23(4)21(27)25(22(28)24-23)13-19(26)14-29-20-7-5-6-16(3)12-20/h5-12,15,19,26H,13-14H2,1-4H3,(H,24,28). The minimum absolute atomic E-state index is 0.0136. The zero-order chi connectivity index (χ0) is 21.2. The molecule has 2 N–H and O–H groups in total. The number of aliphatic hydroxyl groups excluding tert-OH is 1. The van der Waals surface area contributed by atoms with Gasteiger partial charge in [-0.25, -0.2) is 4.79 Å². The van der Waals surface area contributed by atoms with Gasteiger partial charge in [0.25, 0.3) is 5.91 Å². The van der Waals surface area contributed by atoms with Gasteiger partial charge in [-0.1, -0.05) is 50.2 Å². The highest BCUT2D eigenvalue weighted by atomic mass is 16.5. The lowest BCUT2D eigenvalue weighted by Gasteiger charge is -2.23. The number of aryl methyl sites for hydroxylation is 1. The zero-order valence-corrected chi connectivity index (χ0v) is 17.3. The van der Waals surface area contributed by atoms with E-state index in [1.807, 2.05) is 49.4 Å². The first-order valence-electron chi connectivity index (χ1n) is 9.83. The summed E-state index contributed by atoms with van der Waals surface area (Å²) in [6.45, 7) is 7.69. The molecular weight excluding hydrogens is 368 g/mol. The number of hydrogen-bond acceptors (Lipinski definition) is 4. The average Bonchev–Trinajstić information content (AvgIpc) is 2.90. The maximum Gasteiger partial charge on any atom is 0.325 e. The van der Waals surface area contributed by atoms with Gasteiger partial charge in [0, 0.05) is 0 Å². The van der Waals surface area contributed by atoms with Crippen molar-refractivity contribution in [2.75, 3.05) is 13.2 Å². The molecule has 1 aliphatic rings. The van der Waals surface area contributed by atoms with Gasteiger partial charge in [0.1, 0.15) is 24.0 Å². The molecule has 0 aliphatic carbocycles. The molecule has 29 heavy (non-hydrogen) atoms. The largest absolute Gasteiger partial charge is 0.491 e. The van der Waals surface area contributed by atoms with E-state index in [4.69, 9.17) is 4.74 Å². The van der Waals surface area contributed by atoms with Crippen LogP contribution in [-0.4, -0.2) is 41.2 Å². The molecule has 1 saturated heterocycles. The third-order valence-electron chi connectivity index (χ3n) is 5.25. The van der Waals surface area contributed by atoms with Gasteiger partial charge in [0.05, 0.1) is 6.54 Å². The van der Waals surface area contributed by atoms with Gasteiger partial charge < -0.3 is 15.2 Å². The first kappa shape index (κ1) is 20.9. The highest BCUT2D eigenvalue weighted by molar-refractivity contribution is 6.07. The first-order chi connectivity index (χ1) is 13.7. The Kier molecular flexibility index (Phi) is 5.94. The van der Waals surface area contributed by atoms with Crippen LogP contribution in [0.25, 0.3) is 0 Å². The molecular formula is C23H28N2O4. The summed E-state index contributed by atoms with van der Waals surface area (Å²) >= 11 is 0. The maximum absolute atomic E-state index is 13.0. The number of ether oxygens (including phenoxy) is 1. The second kappa shape index (κ2) is 8.25. The molecule has 2 aromatic rings. The summed E-state index contributed by atoms with van der Waals surface area (Å²) < 4.78 is 5.58. The van der Waals surface area contributed by atoms with Gasteiger partial charge in [-0.15, -0.1) is 0 Å². The van der Waals surface area contributed by atoms with Crippen molar-refractivity contribution >= 4 is 11.9 Å². The predicted molar refractivity (Wildman–Crippen MR) is 111 cm³/mol. The smallest absolute Gasteiger partial charge is 0.325 e. The van der Waals surface area contributed by atoms with Crippen molar-refractivity contribution in [2.24, 2.45) is 0 Å². The topological polar surface area (TPSA) is 78.9 Å². The summed E-state index contributed by atoms with van der Waals surface area (Å²) in [4.78, 5) is 26.5. The molecule has 154 valence electrons. The van der Waals surface area contributed by atoms with Crippen LogP contribution in [0, 0.1) is 6.92 Å². The number of amides is 3. The molecule has 2 unspecified atom stereocenters. The Bertz CT molecular complexity index is 894. The lowest BCUT2D eigenvalue weighted by atomic mass is 9.90. The first-order valence-corrected chi connectivity index (χ1v) is 9.83. The van der Waals surface area contributed by atoms with Crippen molar-refractivity contribution < 1.29 is 19.4 Å². The lowest BCUT2D eigenvalue weighted by molar-refractivity contribution is -0.132. The number of benzene rings is 2. The van der Waals surface area contributed by atoms with Crippen molar-refractivity contribution in [1.82, 2.24) is 10.2 Å². The monoisotopic (exact) mass is 396 g/mol. The van der Waals surface area contributed by atoms with Crippen LogP contribution in [-0.2, 0) is 10.3 Å². The van der Waals surface area contributed by atoms with Gasteiger partial charge in [-0.2, -0.15) is 0 Å². The van der Waals surface area contributed by atoms with E-state index in [0.717, 1.165) is 16.0 Å². The Hall–Kier alpha value is -2.86. The Morgan fingerprint density at radius 3 is 2.45 bits per heavy atom. The Labute approximate surface area is 171 Å². The van der Waals surface area contributed by atoms with Gasteiger partial charge in [0.15, 0.2) is 0 Å². The fraction of sp³-hybridized carbons (Fsp3) is 0.391. The molecule has 1 heterocycles. The third kappa shape index (κ3) is 4.43. The Morgan fingerprint density at radius 2 is 1.83 bits per heavy atom. The highest BCUT2D eigenvalue weighted by Gasteiger charge is 2.49. The lowest BCUT2D eigenvalue weighted by Crippen LogP contribution is -2.42. The van der Waals surface area contributed by atoms with E-state index in [1.165, 1.54) is 0 Å². The van der Waals surface area contributed by atoms with Crippen LogP contribution in [0.4, 0.5) is 4.79 Å². The quantitative estimate of drug-likeness (QED) is 0.704. The van der Waals surface area contributed by atoms with Gasteiger partial charge in [-0.05, 0) is 48.6 Å². The normalized spacial score (nSPS) is 20.1. The highest BCUT2D eigenvalue weighted by Crippen LogP contribution is 2.30. The summed E-state index contributed by atoms with van der Waals surface area (Å²) in [6, 6.07) is 14.6. The number of imide groups is 1. The van der Waals surface area contributed by atoms with Crippen LogP contribution < -0.4 is 10.1 Å². The van der Waals surface area contributed by atoms with Crippen molar-refractivity contribution in [3.05, 3.63) is 65.2 Å². The van der Waals surface area contributed by atoms with Crippen LogP contribution in [0.2, 0.25) is 0 Å². The van der Waals surface area contributed by atoms with Gasteiger partial charge in [0.2, 0.25) is 0 Å². The second-order valence-electron chi connectivity index (χ2n) is 8.03. The molecule has 6 nitrogen and oxygen atoms in total. The molecule has 2 atom stereocenters. The van der Waals surface area contributed by atoms with Crippen LogP contribution >= 0.6 is 0 Å². The van der Waals surface area contributed by atoms with E-state index < -0.39 is 17.7 Å². The van der Waals surface area contributed by atoms with Crippen LogP contribution in [0.5, 0.6) is 5.75 Å². The number of carbonyl (C=O) groups excluding carboxylic acids is 2. The molecule has 2 aromatic carbocycles. The third-order valence-corrected chi connectivity index (χ3v) is 5.25. The molecule has 3 amide bonds. The fourth-order valence-corrected chi connectivity index (χ4v) is 3.42. The van der Waals surface area contributed by atoms with Crippen LogP contribution in [0.15, 0.2) is 48.5 Å². The van der Waals surface area contributed by atoms with E-state index in [1.54, 1.807) is 13.0 Å². The minimum Gasteiger partial charge on any atom is -0.491 e. The van der Waals surface area contributed by atoms with Crippen molar-refractivity contribution in [1.29, 1.82) is 0 Å². The molecule has 0 spiro atoms. The molecule has 6 heteroatoms. The minimum atomic E-state index is -1.15. The van der Waals surface area contributed by atoms with Crippen LogP contribution in [0.3, 0.4) is 0 Å². The molecule has 1 fully saturated rings. The zero-order valence-electron chi connectivity index (χ0n) is 17.3. The summed E-state index contributed by atoms with van der Waals surface area (Å²) in [5.41, 5.74) is 1.78. The number of nitrogens with zero attached hydrogens (tertiary/aromatic N) is 1. The average molecular weight is 396 g/mol. The SMILES string of the molecule is Cc1cccc(OCC(O)CN2C(=O)NC(C)(c3ccc(C(C)C)cc3)C2=O)c1. The molecule has 3 rings (SSSR count). The predicted octanol–water partition coefficient (Wildman–Crippen LogP) is 3.33. The van der Waals surface area contributed by atoms with Gasteiger partial charge in [-0.3, -0.25) is 9.69 Å². The number of rotatable bonds is 7. The summed E-state index contributed by atoms with van der Waals surface area (Å²) in [7, 11) is 0. The molecule has 0 radical (unpaired) electrons. The van der Waals surface area contributed by atoms with E-state index in [-0.39, 0.29) is 19.1 Å². The second-order valence-corrected chi connectivity index (χ2v) is 8.03. The number of nitrogens with one attached hydrogen (secondary N) is 1. The molecule has 0 saturated carbocycles. The van der Waals surface area contributed by atoms with Crippen LogP contribution in [0.1, 0.15) is 43.4 Å². The molecule has 1 aliphatic heterocycles. The van der Waals surface area contributed by atoms with E-state index in [0.29, 0.717) is 17.2 Å². The maximum atomic E-state index is 13.0. The summed E-state index contributed by atoms with van der Waals surface area (Å²) in [5, 5.41) is 13.1. The van der Waals surface area contributed by atoms with E-state index in [9.17, 15) is 14.7 Å². The summed E-state index contributed by atoms with van der Waals surface area (Å²) in [6.07, 6.45) is -0.990. The van der Waals surface area contributed by atoms with Crippen molar-refractivity contribution in [3.63, 3.8) is 0 Å². The van der Waals surface area contributed by atoms with Gasteiger partial charge >= 0.3 is 6.03 Å². The number of β-amino-alcohol motifs (C(OH)–C–C–N with tert-alkyl or cyclic N) is 1. The van der Waals surface area contributed by atoms with E-state index >= 15 is 0 Å². The number of hydrogen-bond donors (Lipinski definition) is 2. The van der Waals surface area contributed by atoms with E-state index in [2.05, 4.69) is 19.2 Å². The fourth-order valence-electron chi connectivity index (χ4n) is 3.42. The van der Waals surface area contributed by atoms with Crippen molar-refractivity contribution in [3.8, 4) is 5.75 Å². The molecule has 0 aromatic heterocycles. The number of carbonyl (C=O) groups is 2. The number of urea groups is 1. The van der Waals surface area contributed by atoms with Crippen molar-refractivity contribution in [2.45, 2.75) is 45.3 Å². The number of aliphatic hydroxyl groups is 1. The Balaban J connectivity index is 1.66. The summed E-state index contributed by atoms with van der Waals surface area (Å²) in [5.74, 6) is 0.636. The Morgan fingerprint density at radius 1 is 1.14 bits per heavy atom.